The maximum absolute atomic E-state index is 12.8. The Balaban J connectivity index is 1.79. The zero-order chi connectivity index (χ0) is 21.1. The monoisotopic (exact) mass is 442 g/mol. The van der Waals surface area contributed by atoms with Crippen molar-refractivity contribution in [3.63, 3.8) is 0 Å². The molecular weight excluding hydrogens is 424 g/mol. The lowest BCUT2D eigenvalue weighted by Gasteiger charge is -2.14. The summed E-state index contributed by atoms with van der Waals surface area (Å²) >= 11 is 1.30. The highest BCUT2D eigenvalue weighted by molar-refractivity contribution is 7.92. The molecule has 0 saturated carbocycles. The second kappa shape index (κ2) is 8.17. The number of thiophene rings is 1. The van der Waals surface area contributed by atoms with Gasteiger partial charge in [-0.05, 0) is 23.6 Å². The summed E-state index contributed by atoms with van der Waals surface area (Å²) in [6, 6.07) is 14.0. The summed E-state index contributed by atoms with van der Waals surface area (Å²) in [6.45, 7) is 0. The number of hydrogen-bond acceptors (Lipinski definition) is 8. The number of nitrogens with zero attached hydrogens (tertiary/aromatic N) is 2. The first-order valence-electron chi connectivity index (χ1n) is 8.80. The van der Waals surface area contributed by atoms with E-state index in [0.29, 0.717) is 28.2 Å². The van der Waals surface area contributed by atoms with Crippen LogP contribution < -0.4 is 19.5 Å². The molecule has 0 amide bonds. The van der Waals surface area contributed by atoms with Crippen molar-refractivity contribution < 1.29 is 17.9 Å². The molecule has 4 aromatic rings. The average molecular weight is 443 g/mol. The van der Waals surface area contributed by atoms with Gasteiger partial charge in [-0.15, -0.1) is 0 Å². The molecule has 0 aliphatic rings. The minimum atomic E-state index is -3.81. The van der Waals surface area contributed by atoms with Gasteiger partial charge in [0.05, 0.1) is 30.1 Å². The number of sulfonamides is 1. The molecule has 30 heavy (non-hydrogen) atoms. The molecule has 10 heteroatoms. The third-order valence-electron chi connectivity index (χ3n) is 4.22. The van der Waals surface area contributed by atoms with E-state index >= 15 is 0 Å². The zero-order valence-corrected chi connectivity index (χ0v) is 17.8. The van der Waals surface area contributed by atoms with Crippen LogP contribution in [-0.4, -0.2) is 32.6 Å². The van der Waals surface area contributed by atoms with Crippen molar-refractivity contribution in [3.8, 4) is 11.5 Å². The lowest BCUT2D eigenvalue weighted by atomic mass is 10.2. The predicted molar refractivity (Wildman–Crippen MR) is 117 cm³/mol. The van der Waals surface area contributed by atoms with E-state index in [1.807, 2.05) is 12.1 Å². The van der Waals surface area contributed by atoms with E-state index in [2.05, 4.69) is 20.0 Å². The van der Waals surface area contributed by atoms with Gasteiger partial charge in [0.25, 0.3) is 10.0 Å². The average Bonchev–Trinajstić information content (AvgIpc) is 3.29. The first-order valence-corrected chi connectivity index (χ1v) is 11.2. The van der Waals surface area contributed by atoms with E-state index in [-0.39, 0.29) is 16.5 Å². The summed E-state index contributed by atoms with van der Waals surface area (Å²) in [5.41, 5.74) is 1.79. The molecule has 0 atom stereocenters. The molecule has 2 heterocycles. The second-order valence-electron chi connectivity index (χ2n) is 6.20. The molecule has 2 N–H and O–H groups in total. The Morgan fingerprint density at radius 3 is 2.10 bits per heavy atom. The molecule has 0 aliphatic carbocycles. The lowest BCUT2D eigenvalue weighted by Crippen LogP contribution is -2.15. The van der Waals surface area contributed by atoms with Crippen molar-refractivity contribution in [3.05, 3.63) is 59.3 Å². The topological polar surface area (TPSA) is 102 Å². The van der Waals surface area contributed by atoms with Crippen molar-refractivity contribution in [2.75, 3.05) is 24.3 Å². The second-order valence-corrected chi connectivity index (χ2v) is 8.66. The number of para-hydroxylation sites is 2. The van der Waals surface area contributed by atoms with Crippen LogP contribution in [0.15, 0.2) is 64.2 Å². The highest BCUT2D eigenvalue weighted by atomic mass is 32.2. The summed E-state index contributed by atoms with van der Waals surface area (Å²) in [7, 11) is -0.710. The Labute approximate surface area is 177 Å². The normalized spacial score (nSPS) is 11.3. The Morgan fingerprint density at radius 1 is 0.900 bits per heavy atom. The predicted octanol–water partition coefficient (Wildman–Crippen LogP) is 4.25. The fourth-order valence-corrected chi connectivity index (χ4v) is 4.80. The van der Waals surface area contributed by atoms with Gasteiger partial charge >= 0.3 is 0 Å². The van der Waals surface area contributed by atoms with Crippen LogP contribution in [0.1, 0.15) is 0 Å². The summed E-state index contributed by atoms with van der Waals surface area (Å²) in [5.74, 6) is 1.49. The fourth-order valence-electron chi connectivity index (χ4n) is 2.77. The van der Waals surface area contributed by atoms with Crippen LogP contribution in [0.3, 0.4) is 0 Å². The maximum Gasteiger partial charge on any atom is 0.263 e. The zero-order valence-electron chi connectivity index (χ0n) is 16.1. The molecule has 0 fully saturated rings. The molecule has 2 aromatic heterocycles. The van der Waals surface area contributed by atoms with Gasteiger partial charge in [-0.25, -0.2) is 18.4 Å². The highest BCUT2D eigenvalue weighted by Crippen LogP contribution is 2.31. The van der Waals surface area contributed by atoms with E-state index in [1.54, 1.807) is 55.3 Å². The fraction of sp³-hybridized carbons (Fsp3) is 0.100. The van der Waals surface area contributed by atoms with Crippen molar-refractivity contribution in [2.24, 2.45) is 0 Å². The van der Waals surface area contributed by atoms with E-state index < -0.39 is 10.0 Å². The van der Waals surface area contributed by atoms with Gasteiger partial charge < -0.3 is 14.8 Å². The van der Waals surface area contributed by atoms with Gasteiger partial charge in [-0.3, -0.25) is 4.72 Å². The van der Waals surface area contributed by atoms with Crippen molar-refractivity contribution in [2.45, 2.75) is 4.90 Å². The molecule has 0 saturated heterocycles. The van der Waals surface area contributed by atoms with Crippen molar-refractivity contribution >= 4 is 49.7 Å². The number of aromatic nitrogens is 2. The van der Waals surface area contributed by atoms with Crippen LogP contribution in [-0.2, 0) is 10.0 Å². The number of benzene rings is 2. The minimum absolute atomic E-state index is 0.0849. The number of fused-ring (bicyclic) bond motifs is 1. The molecule has 0 aliphatic heterocycles. The van der Waals surface area contributed by atoms with Crippen LogP contribution >= 0.6 is 11.3 Å². The SMILES string of the molecule is COc1cc(Nc2nc3ccccc3nc2NS(=O)(=O)c2ccsc2)cc(OC)c1. The van der Waals surface area contributed by atoms with E-state index in [0.717, 1.165) is 0 Å². The molecule has 0 radical (unpaired) electrons. The molecule has 2 aromatic carbocycles. The van der Waals surface area contributed by atoms with Gasteiger partial charge in [0.1, 0.15) is 11.5 Å². The van der Waals surface area contributed by atoms with Crippen LogP contribution in [0.4, 0.5) is 17.3 Å². The number of anilines is 3. The molecule has 154 valence electrons. The number of hydrogen-bond donors (Lipinski definition) is 2. The van der Waals surface area contributed by atoms with Crippen molar-refractivity contribution in [1.82, 2.24) is 9.97 Å². The highest BCUT2D eigenvalue weighted by Gasteiger charge is 2.19. The summed E-state index contributed by atoms with van der Waals surface area (Å²) in [6.07, 6.45) is 0. The van der Waals surface area contributed by atoms with E-state index in [9.17, 15) is 8.42 Å². The van der Waals surface area contributed by atoms with Gasteiger partial charge in [0.15, 0.2) is 11.6 Å². The standard InChI is InChI=1S/C20H18N4O4S2/c1-27-14-9-13(10-15(11-14)28-2)21-19-20(23-18-6-4-3-5-17(18)22-19)24-30(25,26)16-7-8-29-12-16/h3-12H,1-2H3,(H,21,22)(H,23,24). The third-order valence-corrected chi connectivity index (χ3v) is 6.39. The number of rotatable bonds is 7. The summed E-state index contributed by atoms with van der Waals surface area (Å²) in [4.78, 5) is 9.21. The van der Waals surface area contributed by atoms with Crippen LogP contribution in [0.5, 0.6) is 11.5 Å². The first-order chi connectivity index (χ1) is 14.5. The first kappa shape index (κ1) is 19.9. The van der Waals surface area contributed by atoms with E-state index in [4.69, 9.17) is 9.47 Å². The Hall–Kier alpha value is -3.37. The van der Waals surface area contributed by atoms with E-state index in [1.165, 1.54) is 17.4 Å². The lowest BCUT2D eigenvalue weighted by molar-refractivity contribution is 0.395. The summed E-state index contributed by atoms with van der Waals surface area (Å²) in [5, 5.41) is 6.37. The van der Waals surface area contributed by atoms with Crippen molar-refractivity contribution in [1.29, 1.82) is 0 Å². The Bertz CT molecular complexity index is 1270. The van der Waals surface area contributed by atoms with Gasteiger partial charge in [0, 0.05) is 29.3 Å². The van der Waals surface area contributed by atoms with Gasteiger partial charge in [0.2, 0.25) is 0 Å². The Kier molecular flexibility index (Phi) is 5.42. The molecule has 4 rings (SSSR count). The quantitative estimate of drug-likeness (QED) is 0.441. The Morgan fingerprint density at radius 2 is 1.53 bits per heavy atom. The number of methoxy groups -OCH3 is 2. The largest absolute Gasteiger partial charge is 0.497 e. The van der Waals surface area contributed by atoms with Gasteiger partial charge in [-0.1, -0.05) is 12.1 Å². The maximum atomic E-state index is 12.8. The molecule has 0 unspecified atom stereocenters. The van der Waals surface area contributed by atoms with Crippen LogP contribution in [0.2, 0.25) is 0 Å². The molecule has 8 nitrogen and oxygen atoms in total. The molecule has 0 bridgehead atoms. The molecular formula is C20H18N4O4S2. The van der Waals surface area contributed by atoms with Crippen LogP contribution in [0, 0.1) is 0 Å². The minimum Gasteiger partial charge on any atom is -0.497 e. The smallest absolute Gasteiger partial charge is 0.263 e. The molecule has 0 spiro atoms. The summed E-state index contributed by atoms with van der Waals surface area (Å²) < 4.78 is 38.7. The number of nitrogens with one attached hydrogen (secondary N) is 2. The van der Waals surface area contributed by atoms with Crippen LogP contribution in [0.25, 0.3) is 11.0 Å². The van der Waals surface area contributed by atoms with Gasteiger partial charge in [-0.2, -0.15) is 11.3 Å². The number of ether oxygens (including phenoxy) is 2. The third kappa shape index (κ3) is 4.14.